The number of nitrogens with two attached hydrogens (primary N) is 1. The van der Waals surface area contributed by atoms with Crippen LogP contribution in [0.1, 0.15) is 39.9 Å². The minimum atomic E-state index is -0.176. The summed E-state index contributed by atoms with van der Waals surface area (Å²) >= 11 is 0. The van der Waals surface area contributed by atoms with Gasteiger partial charge in [-0.05, 0) is 98.5 Å². The third kappa shape index (κ3) is 6.28. The Labute approximate surface area is 218 Å². The number of piperidine rings is 1. The highest BCUT2D eigenvalue weighted by molar-refractivity contribution is 6.04. The molecule has 1 fully saturated rings. The standard InChI is InChI=1S/C31H34N4O2/c1-22-12-14-35(19-22)28-16-24(20-34-13-6-7-26(32)21-34)15-27(18-28)33-31(36)25-11-10-23(2)30(17-25)37-29-8-4-3-5-9-29/h3-5,8-12,14-19,26H,6-7,13,20-21,32H2,1-2H3,(H,33,36)/t26-/m0/s1. The minimum absolute atomic E-state index is 0.176. The molecule has 1 amide bonds. The third-order valence-electron chi connectivity index (χ3n) is 6.74. The number of ether oxygens (including phenoxy) is 1. The monoisotopic (exact) mass is 494 g/mol. The van der Waals surface area contributed by atoms with Crippen LogP contribution in [0, 0.1) is 13.8 Å². The van der Waals surface area contributed by atoms with Gasteiger partial charge in [-0.1, -0.05) is 24.3 Å². The maximum absolute atomic E-state index is 13.3. The lowest BCUT2D eigenvalue weighted by atomic mass is 10.0. The SMILES string of the molecule is Cc1ccn(-c2cc(CN3CCC[C@H](N)C3)cc(NC(=O)c3ccc(C)c(Oc4ccccc4)c3)c2)c1. The molecule has 0 unspecified atom stereocenters. The smallest absolute Gasteiger partial charge is 0.255 e. The molecule has 3 N–H and O–H groups in total. The molecule has 1 saturated heterocycles. The van der Waals surface area contributed by atoms with Crippen LogP contribution >= 0.6 is 0 Å². The minimum Gasteiger partial charge on any atom is -0.457 e. The average molecular weight is 495 g/mol. The molecular formula is C31H34N4O2. The molecule has 5 rings (SSSR count). The van der Waals surface area contributed by atoms with Gasteiger partial charge in [0, 0.05) is 48.5 Å². The quantitative estimate of drug-likeness (QED) is 0.327. The molecule has 37 heavy (non-hydrogen) atoms. The number of rotatable bonds is 7. The molecule has 3 aromatic carbocycles. The number of carbonyl (C=O) groups is 1. The molecule has 1 aliphatic heterocycles. The molecule has 0 spiro atoms. The normalized spacial score (nSPS) is 15.9. The number of carbonyl (C=O) groups excluding carboxylic acids is 1. The Morgan fingerprint density at radius 2 is 1.89 bits per heavy atom. The van der Waals surface area contributed by atoms with Gasteiger partial charge in [0.25, 0.3) is 5.91 Å². The number of benzene rings is 3. The second-order valence-electron chi connectivity index (χ2n) is 9.97. The second kappa shape index (κ2) is 11.0. The first kappa shape index (κ1) is 24.8. The van der Waals surface area contributed by atoms with Gasteiger partial charge >= 0.3 is 0 Å². The Hall–Kier alpha value is -3.87. The lowest BCUT2D eigenvalue weighted by molar-refractivity contribution is 0.102. The van der Waals surface area contributed by atoms with Crippen molar-refractivity contribution in [2.45, 2.75) is 39.3 Å². The van der Waals surface area contributed by atoms with E-state index >= 15 is 0 Å². The van der Waals surface area contributed by atoms with Gasteiger partial charge < -0.3 is 20.4 Å². The van der Waals surface area contributed by atoms with E-state index in [9.17, 15) is 4.79 Å². The van der Waals surface area contributed by atoms with E-state index in [0.29, 0.717) is 11.3 Å². The summed E-state index contributed by atoms with van der Waals surface area (Å²) in [6.45, 7) is 6.77. The fraction of sp³-hybridized carbons (Fsp3) is 0.258. The van der Waals surface area contributed by atoms with Crippen LogP contribution in [-0.4, -0.2) is 34.5 Å². The summed E-state index contributed by atoms with van der Waals surface area (Å²) < 4.78 is 8.13. The summed E-state index contributed by atoms with van der Waals surface area (Å²) in [7, 11) is 0. The zero-order valence-corrected chi connectivity index (χ0v) is 21.5. The molecule has 190 valence electrons. The molecule has 0 saturated carbocycles. The maximum Gasteiger partial charge on any atom is 0.255 e. The van der Waals surface area contributed by atoms with Crippen LogP contribution in [0.2, 0.25) is 0 Å². The van der Waals surface area contributed by atoms with Crippen LogP contribution < -0.4 is 15.8 Å². The summed E-state index contributed by atoms with van der Waals surface area (Å²) in [4.78, 5) is 15.7. The molecule has 1 aromatic heterocycles. The first-order valence-electron chi connectivity index (χ1n) is 12.8. The molecule has 4 aromatic rings. The molecule has 1 aliphatic rings. The van der Waals surface area contributed by atoms with E-state index in [-0.39, 0.29) is 11.9 Å². The number of aromatic nitrogens is 1. The molecule has 6 nitrogen and oxygen atoms in total. The number of para-hydroxylation sites is 1. The van der Waals surface area contributed by atoms with E-state index in [1.165, 1.54) is 5.56 Å². The number of anilines is 1. The Kier molecular flexibility index (Phi) is 7.40. The van der Waals surface area contributed by atoms with Crippen molar-refractivity contribution in [2.24, 2.45) is 5.73 Å². The number of nitrogens with one attached hydrogen (secondary N) is 1. The van der Waals surface area contributed by atoms with Crippen molar-refractivity contribution < 1.29 is 9.53 Å². The first-order chi connectivity index (χ1) is 17.9. The summed E-state index contributed by atoms with van der Waals surface area (Å²) in [5.74, 6) is 1.22. The molecular weight excluding hydrogens is 460 g/mol. The van der Waals surface area contributed by atoms with Gasteiger partial charge in [0.2, 0.25) is 0 Å². The molecule has 1 atom stereocenters. The molecule has 0 bridgehead atoms. The number of aryl methyl sites for hydroxylation is 2. The van der Waals surface area contributed by atoms with Crippen LogP contribution in [-0.2, 0) is 6.54 Å². The number of likely N-dealkylation sites (tertiary alicyclic amines) is 1. The van der Waals surface area contributed by atoms with E-state index < -0.39 is 0 Å². The fourth-order valence-electron chi connectivity index (χ4n) is 4.81. The Morgan fingerprint density at radius 1 is 1.05 bits per heavy atom. The van der Waals surface area contributed by atoms with Gasteiger partial charge in [-0.3, -0.25) is 9.69 Å². The van der Waals surface area contributed by atoms with Gasteiger partial charge in [-0.2, -0.15) is 0 Å². The predicted molar refractivity (Wildman–Crippen MR) is 149 cm³/mol. The van der Waals surface area contributed by atoms with Crippen LogP contribution in [0.25, 0.3) is 5.69 Å². The van der Waals surface area contributed by atoms with Crippen molar-refractivity contribution in [1.82, 2.24) is 9.47 Å². The van der Waals surface area contributed by atoms with Crippen molar-refractivity contribution in [1.29, 1.82) is 0 Å². The van der Waals surface area contributed by atoms with Crippen molar-refractivity contribution in [3.8, 4) is 17.2 Å². The summed E-state index contributed by atoms with van der Waals surface area (Å²) in [5, 5.41) is 3.12. The summed E-state index contributed by atoms with van der Waals surface area (Å²) in [6, 6.07) is 23.7. The van der Waals surface area contributed by atoms with Gasteiger partial charge in [0.15, 0.2) is 0 Å². The van der Waals surface area contributed by atoms with Crippen LogP contribution in [0.5, 0.6) is 11.5 Å². The van der Waals surface area contributed by atoms with Crippen LogP contribution in [0.3, 0.4) is 0 Å². The lowest BCUT2D eigenvalue weighted by Crippen LogP contribution is -2.42. The highest BCUT2D eigenvalue weighted by atomic mass is 16.5. The topological polar surface area (TPSA) is 72.5 Å². The van der Waals surface area contributed by atoms with Crippen molar-refractivity contribution in [2.75, 3.05) is 18.4 Å². The summed E-state index contributed by atoms with van der Waals surface area (Å²) in [5.41, 5.74) is 11.8. The Bertz CT molecular complexity index is 1380. The zero-order chi connectivity index (χ0) is 25.8. The zero-order valence-electron chi connectivity index (χ0n) is 21.5. The third-order valence-corrected chi connectivity index (χ3v) is 6.74. The highest BCUT2D eigenvalue weighted by Crippen LogP contribution is 2.27. The van der Waals surface area contributed by atoms with E-state index in [1.807, 2.05) is 61.7 Å². The van der Waals surface area contributed by atoms with Crippen molar-refractivity contribution in [3.63, 3.8) is 0 Å². The van der Waals surface area contributed by atoms with E-state index in [1.54, 1.807) is 6.07 Å². The van der Waals surface area contributed by atoms with E-state index in [2.05, 4.69) is 46.1 Å². The summed E-state index contributed by atoms with van der Waals surface area (Å²) in [6.07, 6.45) is 6.33. The predicted octanol–water partition coefficient (Wildman–Crippen LogP) is 6.06. The number of hydrogen-bond donors (Lipinski definition) is 2. The van der Waals surface area contributed by atoms with E-state index in [0.717, 1.165) is 60.7 Å². The maximum atomic E-state index is 13.3. The second-order valence-corrected chi connectivity index (χ2v) is 9.97. The Morgan fingerprint density at radius 3 is 2.65 bits per heavy atom. The van der Waals surface area contributed by atoms with E-state index in [4.69, 9.17) is 10.5 Å². The first-order valence-corrected chi connectivity index (χ1v) is 12.8. The number of amides is 1. The average Bonchev–Trinajstić information content (AvgIpc) is 3.32. The number of hydrogen-bond acceptors (Lipinski definition) is 4. The molecule has 0 aliphatic carbocycles. The van der Waals surface area contributed by atoms with Crippen LogP contribution in [0.15, 0.2) is 85.2 Å². The Balaban J connectivity index is 1.40. The lowest BCUT2D eigenvalue weighted by Gasteiger charge is -2.30. The van der Waals surface area contributed by atoms with Gasteiger partial charge in [-0.25, -0.2) is 0 Å². The molecule has 2 heterocycles. The van der Waals surface area contributed by atoms with Crippen molar-refractivity contribution in [3.05, 3.63) is 107 Å². The van der Waals surface area contributed by atoms with Crippen molar-refractivity contribution >= 4 is 11.6 Å². The number of nitrogens with zero attached hydrogens (tertiary/aromatic N) is 2. The molecule has 0 radical (unpaired) electrons. The largest absolute Gasteiger partial charge is 0.457 e. The fourth-order valence-corrected chi connectivity index (χ4v) is 4.81. The van der Waals surface area contributed by atoms with Gasteiger partial charge in [0.05, 0.1) is 0 Å². The molecule has 6 heteroatoms. The highest BCUT2D eigenvalue weighted by Gasteiger charge is 2.18. The van der Waals surface area contributed by atoms with Gasteiger partial charge in [0.1, 0.15) is 11.5 Å². The van der Waals surface area contributed by atoms with Crippen LogP contribution in [0.4, 0.5) is 5.69 Å². The van der Waals surface area contributed by atoms with Gasteiger partial charge in [-0.15, -0.1) is 0 Å².